The van der Waals surface area contributed by atoms with Gasteiger partial charge in [0.15, 0.2) is 0 Å². The Kier molecular flexibility index (Phi) is 13.0. The Morgan fingerprint density at radius 3 is 2.23 bits per heavy atom. The van der Waals surface area contributed by atoms with Crippen molar-refractivity contribution in [1.82, 2.24) is 4.90 Å². The molecule has 0 bridgehead atoms. The minimum absolute atomic E-state index is 0. The zero-order valence-corrected chi connectivity index (χ0v) is 18.2. The molecule has 1 saturated heterocycles. The number of amidine groups is 1. The lowest BCUT2D eigenvalue weighted by Gasteiger charge is -2.26. The van der Waals surface area contributed by atoms with Crippen molar-refractivity contribution >= 4 is 30.6 Å². The van der Waals surface area contributed by atoms with Gasteiger partial charge in [-0.15, -0.1) is 24.8 Å². The first-order chi connectivity index (χ1) is 11.6. The summed E-state index contributed by atoms with van der Waals surface area (Å²) in [5.41, 5.74) is 8.89. The van der Waals surface area contributed by atoms with Gasteiger partial charge in [0.25, 0.3) is 0 Å². The van der Waals surface area contributed by atoms with Crippen molar-refractivity contribution in [1.29, 1.82) is 0 Å². The molecule has 5 heteroatoms. The van der Waals surface area contributed by atoms with Crippen LogP contribution in [0, 0.1) is 5.92 Å². The zero-order valence-electron chi connectivity index (χ0n) is 16.6. The van der Waals surface area contributed by atoms with Crippen LogP contribution in [0.25, 0.3) is 0 Å². The second-order valence-corrected chi connectivity index (χ2v) is 7.62. The monoisotopic (exact) mass is 401 g/mol. The van der Waals surface area contributed by atoms with E-state index in [1.54, 1.807) is 0 Å². The van der Waals surface area contributed by atoms with E-state index >= 15 is 0 Å². The molecule has 0 saturated carbocycles. The predicted octanol–water partition coefficient (Wildman–Crippen LogP) is 5.07. The Labute approximate surface area is 172 Å². The molecule has 0 radical (unpaired) electrons. The van der Waals surface area contributed by atoms with Gasteiger partial charge in [-0.05, 0) is 62.4 Å². The average Bonchev–Trinajstić information content (AvgIpc) is 2.59. The van der Waals surface area contributed by atoms with Crippen molar-refractivity contribution in [2.75, 3.05) is 26.2 Å². The summed E-state index contributed by atoms with van der Waals surface area (Å²) in [6.45, 7) is 11.2. The number of rotatable bonds is 8. The van der Waals surface area contributed by atoms with Crippen LogP contribution in [0.4, 0.5) is 0 Å². The Balaban J connectivity index is 0.00000312. The third kappa shape index (κ3) is 8.75. The molecule has 3 nitrogen and oxygen atoms in total. The highest BCUT2D eigenvalue weighted by atomic mass is 35.5. The summed E-state index contributed by atoms with van der Waals surface area (Å²) in [5, 5.41) is 0. The van der Waals surface area contributed by atoms with E-state index in [9.17, 15) is 0 Å². The number of hydrogen-bond donors (Lipinski definition) is 1. The number of piperidine rings is 1. The molecular weight excluding hydrogens is 365 g/mol. The molecule has 1 fully saturated rings. The Morgan fingerprint density at radius 1 is 1.04 bits per heavy atom. The molecule has 26 heavy (non-hydrogen) atoms. The number of hydrogen-bond acceptors (Lipinski definition) is 2. The lowest BCUT2D eigenvalue weighted by molar-refractivity contribution is 0.228. The molecule has 0 aromatic heterocycles. The van der Waals surface area contributed by atoms with Gasteiger partial charge < -0.3 is 10.6 Å². The van der Waals surface area contributed by atoms with Gasteiger partial charge in [0, 0.05) is 12.5 Å². The van der Waals surface area contributed by atoms with Crippen molar-refractivity contribution in [3.8, 4) is 0 Å². The van der Waals surface area contributed by atoms with E-state index < -0.39 is 0 Å². The first-order valence-electron chi connectivity index (χ1n) is 9.67. The summed E-state index contributed by atoms with van der Waals surface area (Å²) < 4.78 is 0. The van der Waals surface area contributed by atoms with E-state index in [1.807, 2.05) is 0 Å². The van der Waals surface area contributed by atoms with Crippen molar-refractivity contribution < 1.29 is 0 Å². The van der Waals surface area contributed by atoms with Gasteiger partial charge >= 0.3 is 0 Å². The second-order valence-electron chi connectivity index (χ2n) is 7.62. The summed E-state index contributed by atoms with van der Waals surface area (Å²) in [6, 6.07) is 8.88. The second kappa shape index (κ2) is 13.4. The maximum Gasteiger partial charge on any atom is 0.101 e. The molecule has 1 atom stereocenters. The first kappa shape index (κ1) is 25.2. The normalized spacial score (nSPS) is 16.7. The molecule has 1 aromatic rings. The largest absolute Gasteiger partial charge is 0.387 e. The molecule has 1 aliphatic heterocycles. The Bertz CT molecular complexity index is 508. The number of halogens is 2. The van der Waals surface area contributed by atoms with Crippen LogP contribution < -0.4 is 5.73 Å². The van der Waals surface area contributed by atoms with Crippen molar-refractivity contribution in [3.05, 3.63) is 35.4 Å². The van der Waals surface area contributed by atoms with Gasteiger partial charge in [-0.3, -0.25) is 4.99 Å². The summed E-state index contributed by atoms with van der Waals surface area (Å²) in [7, 11) is 0. The van der Waals surface area contributed by atoms with Gasteiger partial charge in [0.2, 0.25) is 0 Å². The minimum Gasteiger partial charge on any atom is -0.387 e. The highest BCUT2D eigenvalue weighted by molar-refractivity contribution is 5.87. The standard InChI is InChI=1S/C21H35N3.2ClH/c1-17(2)16-19-8-10-20(11-9-19)18(3)21(22)23-12-7-15-24-13-5-4-6-14-24;;/h8-11,17-18H,4-7,12-16H2,1-3H3,(H2,22,23);2*1H. The molecule has 1 aromatic carbocycles. The molecule has 1 aliphatic rings. The zero-order chi connectivity index (χ0) is 17.4. The summed E-state index contributed by atoms with van der Waals surface area (Å²) in [4.78, 5) is 7.19. The molecule has 1 unspecified atom stereocenters. The van der Waals surface area contributed by atoms with E-state index in [0.29, 0.717) is 5.92 Å². The van der Waals surface area contributed by atoms with Crippen LogP contribution in [0.15, 0.2) is 29.3 Å². The van der Waals surface area contributed by atoms with Gasteiger partial charge in [-0.2, -0.15) is 0 Å². The van der Waals surface area contributed by atoms with E-state index in [4.69, 9.17) is 5.73 Å². The molecule has 0 aliphatic carbocycles. The lowest BCUT2D eigenvalue weighted by atomic mass is 9.96. The molecule has 1 heterocycles. The van der Waals surface area contributed by atoms with Gasteiger partial charge in [0.1, 0.15) is 5.84 Å². The van der Waals surface area contributed by atoms with E-state index in [2.05, 4.69) is 54.9 Å². The highest BCUT2D eigenvalue weighted by Crippen LogP contribution is 2.18. The first-order valence-corrected chi connectivity index (χ1v) is 9.67. The molecule has 2 N–H and O–H groups in total. The SMILES string of the molecule is CC(C)Cc1ccc(C(C)C(N)=NCCCN2CCCCC2)cc1.Cl.Cl. The number of benzene rings is 1. The summed E-state index contributed by atoms with van der Waals surface area (Å²) in [6.07, 6.45) is 6.36. The number of nitrogens with two attached hydrogens (primary N) is 1. The van der Waals surface area contributed by atoms with Crippen LogP contribution in [-0.4, -0.2) is 36.9 Å². The van der Waals surface area contributed by atoms with Crippen LogP contribution in [0.5, 0.6) is 0 Å². The van der Waals surface area contributed by atoms with Crippen LogP contribution in [0.2, 0.25) is 0 Å². The Hall–Kier alpha value is -0.770. The average molecular weight is 402 g/mol. The summed E-state index contributed by atoms with van der Waals surface area (Å²) in [5.74, 6) is 1.66. The smallest absolute Gasteiger partial charge is 0.101 e. The van der Waals surface area contributed by atoms with Crippen molar-refractivity contribution in [3.63, 3.8) is 0 Å². The highest BCUT2D eigenvalue weighted by Gasteiger charge is 2.11. The fraction of sp³-hybridized carbons (Fsp3) is 0.667. The van der Waals surface area contributed by atoms with Crippen LogP contribution in [0.1, 0.15) is 63.5 Å². The number of nitrogens with zero attached hydrogens (tertiary/aromatic N) is 2. The van der Waals surface area contributed by atoms with E-state index in [-0.39, 0.29) is 30.7 Å². The van der Waals surface area contributed by atoms with Crippen molar-refractivity contribution in [2.45, 2.75) is 58.8 Å². The lowest BCUT2D eigenvalue weighted by Crippen LogP contribution is -2.31. The van der Waals surface area contributed by atoms with Crippen LogP contribution in [0.3, 0.4) is 0 Å². The third-order valence-electron chi connectivity index (χ3n) is 4.94. The van der Waals surface area contributed by atoms with Gasteiger partial charge in [0.05, 0.1) is 0 Å². The molecule has 150 valence electrons. The maximum absolute atomic E-state index is 6.22. The fourth-order valence-corrected chi connectivity index (χ4v) is 3.41. The van der Waals surface area contributed by atoms with Crippen LogP contribution >= 0.6 is 24.8 Å². The molecular formula is C21H37Cl2N3. The third-order valence-corrected chi connectivity index (χ3v) is 4.94. The van der Waals surface area contributed by atoms with E-state index in [0.717, 1.165) is 31.8 Å². The fourth-order valence-electron chi connectivity index (χ4n) is 3.41. The quantitative estimate of drug-likeness (QED) is 0.375. The minimum atomic E-state index is 0. The number of likely N-dealkylation sites (tertiary alicyclic amines) is 1. The van der Waals surface area contributed by atoms with Crippen LogP contribution in [-0.2, 0) is 6.42 Å². The predicted molar refractivity (Wildman–Crippen MR) is 119 cm³/mol. The molecule has 0 spiro atoms. The maximum atomic E-state index is 6.22. The van der Waals surface area contributed by atoms with E-state index in [1.165, 1.54) is 43.5 Å². The number of aliphatic imine (C=N–C) groups is 1. The topological polar surface area (TPSA) is 41.6 Å². The van der Waals surface area contributed by atoms with Gasteiger partial charge in [-0.25, -0.2) is 0 Å². The summed E-state index contributed by atoms with van der Waals surface area (Å²) >= 11 is 0. The van der Waals surface area contributed by atoms with Gasteiger partial charge in [-0.1, -0.05) is 51.5 Å². The Morgan fingerprint density at radius 2 is 1.65 bits per heavy atom. The van der Waals surface area contributed by atoms with Crippen molar-refractivity contribution in [2.24, 2.45) is 16.6 Å². The molecule has 0 amide bonds. The molecule has 2 rings (SSSR count).